The summed E-state index contributed by atoms with van der Waals surface area (Å²) in [5.41, 5.74) is 0. The Morgan fingerprint density at radius 2 is 2.10 bits per heavy atom. The molecule has 6 nitrogen and oxygen atoms in total. The third kappa shape index (κ3) is 3.24. The van der Waals surface area contributed by atoms with Crippen molar-refractivity contribution in [3.8, 4) is 0 Å². The van der Waals surface area contributed by atoms with Crippen LogP contribution in [0.4, 0.5) is 0 Å². The lowest BCUT2D eigenvalue weighted by molar-refractivity contribution is -0.145. The highest BCUT2D eigenvalue weighted by Gasteiger charge is 2.47. The Bertz CT molecular complexity index is 478. The highest BCUT2D eigenvalue weighted by Crippen LogP contribution is 2.35. The highest BCUT2D eigenvalue weighted by molar-refractivity contribution is 7.89. The van der Waals surface area contributed by atoms with Gasteiger partial charge in [0.25, 0.3) is 0 Å². The maximum Gasteiger partial charge on any atom is 0.310 e. The molecular formula is C14H25NO5S. The summed E-state index contributed by atoms with van der Waals surface area (Å²) in [5, 5.41) is -0.649. The van der Waals surface area contributed by atoms with E-state index in [1.54, 1.807) is 4.31 Å². The number of sulfonamides is 1. The van der Waals surface area contributed by atoms with Crippen LogP contribution >= 0.6 is 0 Å². The zero-order valence-electron chi connectivity index (χ0n) is 12.9. The van der Waals surface area contributed by atoms with E-state index in [1.807, 2.05) is 13.8 Å². The second-order valence-corrected chi connectivity index (χ2v) is 8.02. The summed E-state index contributed by atoms with van der Waals surface area (Å²) in [6.07, 6.45) is 2.47. The molecule has 0 spiro atoms. The first-order valence-corrected chi connectivity index (χ1v) is 9.12. The zero-order chi connectivity index (χ0) is 15.6. The van der Waals surface area contributed by atoms with Crippen LogP contribution in [0.5, 0.6) is 0 Å². The minimum atomic E-state index is -3.51. The van der Waals surface area contributed by atoms with Gasteiger partial charge in [-0.2, -0.15) is 4.31 Å². The number of nitrogens with zero attached hydrogens (tertiary/aromatic N) is 1. The summed E-state index contributed by atoms with van der Waals surface area (Å²) < 4.78 is 37.9. The normalized spacial score (nSPS) is 34.8. The minimum Gasteiger partial charge on any atom is -0.469 e. The standard InChI is InChI=1S/C14H25NO5S/c1-4-11-9-20-10(2)8-15(11)21(17,18)13-7-5-6-12(13)14(16)19-3/h10-13H,4-9H2,1-3H3. The first-order valence-electron chi connectivity index (χ1n) is 7.61. The van der Waals surface area contributed by atoms with Gasteiger partial charge in [-0.25, -0.2) is 8.42 Å². The summed E-state index contributed by atoms with van der Waals surface area (Å²) >= 11 is 0. The van der Waals surface area contributed by atoms with Gasteiger partial charge in [0.15, 0.2) is 0 Å². The number of hydrogen-bond acceptors (Lipinski definition) is 5. The smallest absolute Gasteiger partial charge is 0.310 e. The van der Waals surface area contributed by atoms with Crippen molar-refractivity contribution in [3.05, 3.63) is 0 Å². The average molecular weight is 319 g/mol. The van der Waals surface area contributed by atoms with E-state index >= 15 is 0 Å². The van der Waals surface area contributed by atoms with Gasteiger partial charge in [0.2, 0.25) is 10.0 Å². The number of morpholine rings is 1. The quantitative estimate of drug-likeness (QED) is 0.727. The Morgan fingerprint density at radius 3 is 2.71 bits per heavy atom. The number of hydrogen-bond donors (Lipinski definition) is 0. The van der Waals surface area contributed by atoms with Crippen LogP contribution in [0.1, 0.15) is 39.5 Å². The lowest BCUT2D eigenvalue weighted by Gasteiger charge is -2.39. The third-order valence-corrected chi connectivity index (χ3v) is 6.99. The second kappa shape index (κ2) is 6.62. The van der Waals surface area contributed by atoms with Crippen molar-refractivity contribution < 1.29 is 22.7 Å². The van der Waals surface area contributed by atoms with Crippen LogP contribution in [0, 0.1) is 5.92 Å². The highest BCUT2D eigenvalue weighted by atomic mass is 32.2. The fourth-order valence-electron chi connectivity index (χ4n) is 3.32. The van der Waals surface area contributed by atoms with E-state index in [-0.39, 0.29) is 12.1 Å². The molecule has 1 aliphatic heterocycles. The van der Waals surface area contributed by atoms with Crippen LogP contribution in [-0.2, 0) is 24.3 Å². The van der Waals surface area contributed by atoms with Gasteiger partial charge in [-0.1, -0.05) is 13.3 Å². The molecule has 0 aromatic rings. The summed E-state index contributed by atoms with van der Waals surface area (Å²) in [4.78, 5) is 11.8. The van der Waals surface area contributed by atoms with Crippen molar-refractivity contribution >= 4 is 16.0 Å². The Labute approximate surface area is 126 Å². The molecule has 0 radical (unpaired) electrons. The number of esters is 1. The first-order chi connectivity index (χ1) is 9.91. The fourth-order valence-corrected chi connectivity index (χ4v) is 5.84. The summed E-state index contributed by atoms with van der Waals surface area (Å²) in [6, 6.07) is -0.134. The molecule has 0 aromatic heterocycles. The molecular weight excluding hydrogens is 294 g/mol. The molecule has 21 heavy (non-hydrogen) atoms. The van der Waals surface area contributed by atoms with E-state index < -0.39 is 27.2 Å². The van der Waals surface area contributed by atoms with Gasteiger partial charge >= 0.3 is 5.97 Å². The maximum absolute atomic E-state index is 13.0. The van der Waals surface area contributed by atoms with Crippen molar-refractivity contribution in [1.82, 2.24) is 4.31 Å². The van der Waals surface area contributed by atoms with Crippen molar-refractivity contribution in [2.75, 3.05) is 20.3 Å². The Morgan fingerprint density at radius 1 is 1.38 bits per heavy atom. The van der Waals surface area contributed by atoms with Gasteiger partial charge < -0.3 is 9.47 Å². The Kier molecular flexibility index (Phi) is 5.27. The molecule has 0 amide bonds. The molecule has 4 unspecified atom stereocenters. The van der Waals surface area contributed by atoms with Gasteiger partial charge in [-0.05, 0) is 26.2 Å². The number of carbonyl (C=O) groups excluding carboxylic acids is 1. The number of ether oxygens (including phenoxy) is 2. The maximum atomic E-state index is 13.0. The minimum absolute atomic E-state index is 0.111. The molecule has 1 saturated carbocycles. The molecule has 122 valence electrons. The summed E-state index contributed by atoms with van der Waals surface area (Å²) in [7, 11) is -2.19. The van der Waals surface area contributed by atoms with Crippen LogP contribution in [-0.4, -0.2) is 56.3 Å². The van der Waals surface area contributed by atoms with E-state index in [4.69, 9.17) is 9.47 Å². The van der Waals surface area contributed by atoms with Crippen LogP contribution < -0.4 is 0 Å². The molecule has 2 rings (SSSR count). The largest absolute Gasteiger partial charge is 0.469 e. The van der Waals surface area contributed by atoms with E-state index in [0.29, 0.717) is 32.4 Å². The van der Waals surface area contributed by atoms with E-state index in [0.717, 1.165) is 6.42 Å². The van der Waals surface area contributed by atoms with E-state index in [1.165, 1.54) is 7.11 Å². The molecule has 0 N–H and O–H groups in total. The molecule has 0 bridgehead atoms. The van der Waals surface area contributed by atoms with Crippen molar-refractivity contribution in [1.29, 1.82) is 0 Å². The van der Waals surface area contributed by atoms with Crippen LogP contribution in [0.15, 0.2) is 0 Å². The van der Waals surface area contributed by atoms with Gasteiger partial charge in [0, 0.05) is 12.6 Å². The molecule has 7 heteroatoms. The van der Waals surface area contributed by atoms with E-state index in [9.17, 15) is 13.2 Å². The average Bonchev–Trinajstić information content (AvgIpc) is 2.96. The molecule has 1 heterocycles. The zero-order valence-corrected chi connectivity index (χ0v) is 13.8. The number of rotatable bonds is 4. The van der Waals surface area contributed by atoms with Gasteiger partial charge in [-0.3, -0.25) is 4.79 Å². The second-order valence-electron chi connectivity index (χ2n) is 5.92. The Hall–Kier alpha value is -0.660. The summed E-state index contributed by atoms with van der Waals surface area (Å²) in [6.45, 7) is 4.62. The van der Waals surface area contributed by atoms with Crippen LogP contribution in [0.2, 0.25) is 0 Å². The first kappa shape index (κ1) is 16.7. The van der Waals surface area contributed by atoms with Crippen molar-refractivity contribution in [2.45, 2.75) is 56.9 Å². The fraction of sp³-hybridized carbons (Fsp3) is 0.929. The molecule has 0 aromatic carbocycles. The lowest BCUT2D eigenvalue weighted by Crippen LogP contribution is -2.54. The van der Waals surface area contributed by atoms with Crippen LogP contribution in [0.25, 0.3) is 0 Å². The monoisotopic (exact) mass is 319 g/mol. The predicted octanol–water partition coefficient (Wildman–Crippen LogP) is 1.16. The van der Waals surface area contributed by atoms with Gasteiger partial charge in [0.1, 0.15) is 0 Å². The Balaban J connectivity index is 2.25. The van der Waals surface area contributed by atoms with Gasteiger partial charge in [-0.15, -0.1) is 0 Å². The van der Waals surface area contributed by atoms with Crippen molar-refractivity contribution in [2.24, 2.45) is 5.92 Å². The summed E-state index contributed by atoms with van der Waals surface area (Å²) in [5.74, 6) is -0.939. The van der Waals surface area contributed by atoms with Crippen LogP contribution in [0.3, 0.4) is 0 Å². The van der Waals surface area contributed by atoms with E-state index in [2.05, 4.69) is 0 Å². The number of carbonyl (C=O) groups is 1. The predicted molar refractivity (Wildman–Crippen MR) is 78.3 cm³/mol. The van der Waals surface area contributed by atoms with Gasteiger partial charge in [0.05, 0.1) is 31.0 Å². The molecule has 4 atom stereocenters. The molecule has 1 saturated heterocycles. The lowest BCUT2D eigenvalue weighted by atomic mass is 10.1. The third-order valence-electron chi connectivity index (χ3n) is 4.55. The van der Waals surface area contributed by atoms with Crippen molar-refractivity contribution in [3.63, 3.8) is 0 Å². The SMILES string of the molecule is CCC1COC(C)CN1S(=O)(=O)C1CCCC1C(=O)OC. The topological polar surface area (TPSA) is 72.9 Å². The number of methoxy groups -OCH3 is 1. The molecule has 2 aliphatic rings. The molecule has 1 aliphatic carbocycles. The molecule has 2 fully saturated rings.